The third-order valence-corrected chi connectivity index (χ3v) is 4.68. The molecule has 7 heteroatoms. The molecular formula is C19H25N3O3S. The SMILES string of the molecule is Cc1ncsc1-c1ccc(CNC=O)c(OCCCC(=O)NC(C)C)c1. The highest BCUT2D eigenvalue weighted by atomic mass is 32.1. The Balaban J connectivity index is 2.04. The molecule has 0 radical (unpaired) electrons. The van der Waals surface area contributed by atoms with E-state index >= 15 is 0 Å². The van der Waals surface area contributed by atoms with Crippen molar-refractivity contribution in [1.82, 2.24) is 15.6 Å². The number of ether oxygens (including phenoxy) is 1. The number of nitrogens with one attached hydrogen (secondary N) is 2. The minimum Gasteiger partial charge on any atom is -0.493 e. The molecular weight excluding hydrogens is 350 g/mol. The zero-order chi connectivity index (χ0) is 18.9. The van der Waals surface area contributed by atoms with Crippen molar-refractivity contribution in [2.75, 3.05) is 6.61 Å². The van der Waals surface area contributed by atoms with Crippen LogP contribution >= 0.6 is 11.3 Å². The molecule has 1 aromatic carbocycles. The number of carbonyl (C=O) groups excluding carboxylic acids is 2. The summed E-state index contributed by atoms with van der Waals surface area (Å²) in [7, 11) is 0. The van der Waals surface area contributed by atoms with Gasteiger partial charge in [-0.05, 0) is 38.8 Å². The number of thiazole rings is 1. The predicted molar refractivity (Wildman–Crippen MR) is 103 cm³/mol. The Morgan fingerprint density at radius 1 is 1.38 bits per heavy atom. The van der Waals surface area contributed by atoms with Gasteiger partial charge in [0.25, 0.3) is 0 Å². The van der Waals surface area contributed by atoms with E-state index in [0.29, 0.717) is 38.2 Å². The first-order valence-corrected chi connectivity index (χ1v) is 9.51. The quantitative estimate of drug-likeness (QED) is 0.494. The second-order valence-electron chi connectivity index (χ2n) is 6.26. The van der Waals surface area contributed by atoms with Crippen LogP contribution in [-0.4, -0.2) is 29.9 Å². The lowest BCUT2D eigenvalue weighted by Crippen LogP contribution is -2.30. The molecule has 6 nitrogen and oxygen atoms in total. The number of aryl methyl sites for hydroxylation is 1. The van der Waals surface area contributed by atoms with E-state index < -0.39 is 0 Å². The average molecular weight is 375 g/mol. The Kier molecular flexibility index (Phi) is 7.59. The second kappa shape index (κ2) is 9.91. The van der Waals surface area contributed by atoms with Gasteiger partial charge in [-0.25, -0.2) is 4.98 Å². The fourth-order valence-corrected chi connectivity index (χ4v) is 3.32. The number of rotatable bonds is 10. The van der Waals surface area contributed by atoms with Gasteiger partial charge in [-0.1, -0.05) is 12.1 Å². The third kappa shape index (κ3) is 5.84. The monoisotopic (exact) mass is 375 g/mol. The van der Waals surface area contributed by atoms with Crippen molar-refractivity contribution in [2.24, 2.45) is 0 Å². The summed E-state index contributed by atoms with van der Waals surface area (Å²) in [5.41, 5.74) is 4.73. The first-order chi connectivity index (χ1) is 12.5. The number of carbonyl (C=O) groups is 2. The summed E-state index contributed by atoms with van der Waals surface area (Å²) in [4.78, 5) is 27.7. The Bertz CT molecular complexity index is 743. The normalized spacial score (nSPS) is 10.6. The minimum absolute atomic E-state index is 0.0282. The molecule has 0 aliphatic rings. The average Bonchev–Trinajstić information content (AvgIpc) is 3.02. The van der Waals surface area contributed by atoms with E-state index in [9.17, 15) is 9.59 Å². The molecule has 0 aliphatic heterocycles. The highest BCUT2D eigenvalue weighted by Gasteiger charge is 2.11. The van der Waals surface area contributed by atoms with Gasteiger partial charge in [-0.15, -0.1) is 11.3 Å². The summed E-state index contributed by atoms with van der Waals surface area (Å²) < 4.78 is 5.92. The number of aromatic nitrogens is 1. The van der Waals surface area contributed by atoms with Gasteiger partial charge >= 0.3 is 0 Å². The Hall–Kier alpha value is -2.41. The molecule has 0 atom stereocenters. The van der Waals surface area contributed by atoms with E-state index in [0.717, 1.165) is 21.7 Å². The number of benzene rings is 1. The molecule has 2 amide bonds. The predicted octanol–water partition coefficient (Wildman–Crippen LogP) is 3.05. The fourth-order valence-electron chi connectivity index (χ4n) is 2.52. The van der Waals surface area contributed by atoms with Crippen molar-refractivity contribution >= 4 is 23.7 Å². The molecule has 2 N–H and O–H groups in total. The maximum absolute atomic E-state index is 11.7. The largest absolute Gasteiger partial charge is 0.493 e. The smallest absolute Gasteiger partial charge is 0.220 e. The molecule has 2 rings (SSSR count). The topological polar surface area (TPSA) is 80.3 Å². The Morgan fingerprint density at radius 3 is 2.85 bits per heavy atom. The highest BCUT2D eigenvalue weighted by Crippen LogP contribution is 2.32. The summed E-state index contributed by atoms with van der Waals surface area (Å²) in [5, 5.41) is 5.53. The zero-order valence-electron chi connectivity index (χ0n) is 15.4. The van der Waals surface area contributed by atoms with Crippen molar-refractivity contribution in [3.05, 3.63) is 35.0 Å². The van der Waals surface area contributed by atoms with Crippen LogP contribution in [-0.2, 0) is 16.1 Å². The van der Waals surface area contributed by atoms with Crippen LogP contribution in [0.5, 0.6) is 5.75 Å². The van der Waals surface area contributed by atoms with Gasteiger partial charge in [0.1, 0.15) is 5.75 Å². The van der Waals surface area contributed by atoms with E-state index in [4.69, 9.17) is 4.74 Å². The number of hydrogen-bond acceptors (Lipinski definition) is 5. The molecule has 0 spiro atoms. The van der Waals surface area contributed by atoms with E-state index in [2.05, 4.69) is 15.6 Å². The lowest BCUT2D eigenvalue weighted by atomic mass is 10.1. The fraction of sp³-hybridized carbons (Fsp3) is 0.421. The maximum atomic E-state index is 11.7. The van der Waals surface area contributed by atoms with Crippen LogP contribution in [0, 0.1) is 6.92 Å². The zero-order valence-corrected chi connectivity index (χ0v) is 16.2. The minimum atomic E-state index is 0.0282. The molecule has 0 saturated heterocycles. The molecule has 0 unspecified atom stereocenters. The number of hydrogen-bond donors (Lipinski definition) is 2. The third-order valence-electron chi connectivity index (χ3n) is 3.71. The number of nitrogens with zero attached hydrogens (tertiary/aromatic N) is 1. The maximum Gasteiger partial charge on any atom is 0.220 e. The molecule has 1 aromatic heterocycles. The van der Waals surface area contributed by atoms with Crippen LogP contribution in [0.1, 0.15) is 37.9 Å². The molecule has 140 valence electrons. The van der Waals surface area contributed by atoms with Crippen molar-refractivity contribution in [2.45, 2.75) is 46.2 Å². The lowest BCUT2D eigenvalue weighted by molar-refractivity contribution is -0.121. The molecule has 0 fully saturated rings. The molecule has 0 bridgehead atoms. The Labute approximate surface area is 158 Å². The second-order valence-corrected chi connectivity index (χ2v) is 7.12. The van der Waals surface area contributed by atoms with Crippen LogP contribution in [0.3, 0.4) is 0 Å². The van der Waals surface area contributed by atoms with Crippen LogP contribution < -0.4 is 15.4 Å². The highest BCUT2D eigenvalue weighted by molar-refractivity contribution is 7.13. The molecule has 0 aliphatic carbocycles. The van der Waals surface area contributed by atoms with Crippen molar-refractivity contribution in [1.29, 1.82) is 0 Å². The summed E-state index contributed by atoms with van der Waals surface area (Å²) >= 11 is 1.58. The van der Waals surface area contributed by atoms with Gasteiger partial charge in [0.15, 0.2) is 0 Å². The first kappa shape index (κ1) is 19.9. The van der Waals surface area contributed by atoms with Gasteiger partial charge < -0.3 is 15.4 Å². The van der Waals surface area contributed by atoms with Crippen LogP contribution in [0.2, 0.25) is 0 Å². The van der Waals surface area contributed by atoms with Crippen molar-refractivity contribution < 1.29 is 14.3 Å². The molecule has 2 aromatic rings. The van der Waals surface area contributed by atoms with Crippen LogP contribution in [0.4, 0.5) is 0 Å². The van der Waals surface area contributed by atoms with Gasteiger partial charge in [-0.3, -0.25) is 9.59 Å². The molecule has 0 saturated carbocycles. The lowest BCUT2D eigenvalue weighted by Gasteiger charge is -2.13. The summed E-state index contributed by atoms with van der Waals surface area (Å²) in [6, 6.07) is 6.07. The van der Waals surface area contributed by atoms with Crippen LogP contribution in [0.15, 0.2) is 23.7 Å². The Morgan fingerprint density at radius 2 is 2.19 bits per heavy atom. The van der Waals surface area contributed by atoms with E-state index in [1.807, 2.05) is 44.5 Å². The van der Waals surface area contributed by atoms with Gasteiger partial charge in [0.05, 0.1) is 22.7 Å². The van der Waals surface area contributed by atoms with E-state index in [1.54, 1.807) is 11.3 Å². The summed E-state index contributed by atoms with van der Waals surface area (Å²) in [6.07, 6.45) is 1.72. The van der Waals surface area contributed by atoms with Crippen molar-refractivity contribution in [3.8, 4) is 16.2 Å². The molecule has 1 heterocycles. The number of amides is 2. The molecule has 26 heavy (non-hydrogen) atoms. The summed E-state index contributed by atoms with van der Waals surface area (Å²) in [6.45, 7) is 6.68. The van der Waals surface area contributed by atoms with Gasteiger partial charge in [-0.2, -0.15) is 0 Å². The van der Waals surface area contributed by atoms with Crippen molar-refractivity contribution in [3.63, 3.8) is 0 Å². The summed E-state index contributed by atoms with van der Waals surface area (Å²) in [5.74, 6) is 0.745. The van der Waals surface area contributed by atoms with E-state index in [-0.39, 0.29) is 11.9 Å². The van der Waals surface area contributed by atoms with Gasteiger partial charge in [0.2, 0.25) is 12.3 Å². The van der Waals surface area contributed by atoms with Crippen LogP contribution in [0.25, 0.3) is 10.4 Å². The van der Waals surface area contributed by atoms with E-state index in [1.165, 1.54) is 0 Å². The van der Waals surface area contributed by atoms with Gasteiger partial charge in [0, 0.05) is 24.6 Å². The first-order valence-electron chi connectivity index (χ1n) is 8.64. The standard InChI is InChI=1S/C19H25N3O3S/c1-13(2)22-18(24)5-4-8-25-17-9-15(19-14(3)21-12-26-19)6-7-16(17)10-20-11-23/h6-7,9,11-13H,4-5,8,10H2,1-3H3,(H,20,23)(H,22,24).